The normalized spacial score (nSPS) is 16.0. The van der Waals surface area contributed by atoms with Crippen molar-refractivity contribution in [3.8, 4) is 22.5 Å². The molecule has 4 aromatic rings. The van der Waals surface area contributed by atoms with Crippen LogP contribution in [0.1, 0.15) is 38.7 Å². The number of pyridine rings is 1. The minimum absolute atomic E-state index is 0.297. The van der Waals surface area contributed by atoms with Crippen LogP contribution >= 0.6 is 9.39 Å². The third kappa shape index (κ3) is 8.12. The van der Waals surface area contributed by atoms with Gasteiger partial charge in [0.2, 0.25) is 0 Å². The minimum Gasteiger partial charge on any atom is -0.338 e. The highest BCUT2D eigenvalue weighted by Crippen LogP contribution is 2.31. The van der Waals surface area contributed by atoms with Gasteiger partial charge in [-0.15, -0.1) is 0 Å². The summed E-state index contributed by atoms with van der Waals surface area (Å²) in [5.41, 5.74) is 8.26. The van der Waals surface area contributed by atoms with Crippen LogP contribution in [0, 0.1) is 11.7 Å². The summed E-state index contributed by atoms with van der Waals surface area (Å²) in [6, 6.07) is 8.99. The van der Waals surface area contributed by atoms with E-state index in [0.717, 1.165) is 63.4 Å². The fraction of sp³-hybridized carbons (Fsp3) is 0.263. The van der Waals surface area contributed by atoms with Gasteiger partial charge in [0.1, 0.15) is 17.2 Å². The van der Waals surface area contributed by atoms with Gasteiger partial charge in [-0.3, -0.25) is 9.82 Å². The van der Waals surface area contributed by atoms with Crippen molar-refractivity contribution >= 4 is 44.8 Å². The monoisotopic (exact) mass is 636 g/mol. The Kier molecular flexibility index (Phi) is 10.4. The Labute approximate surface area is 272 Å². The lowest BCUT2D eigenvalue weighted by Gasteiger charge is -2.23. The molecule has 4 N–H and O–H groups in total. The van der Waals surface area contributed by atoms with Gasteiger partial charge in [-0.25, -0.2) is 9.37 Å². The number of H-pyrrole nitrogens is 2. The molecule has 0 spiro atoms. The van der Waals surface area contributed by atoms with Crippen molar-refractivity contribution in [2.75, 3.05) is 19.3 Å². The molecule has 0 saturated carbocycles. The molecule has 0 radical (unpaired) electrons. The maximum absolute atomic E-state index is 14.7. The predicted molar refractivity (Wildman–Crippen MR) is 199 cm³/mol. The van der Waals surface area contributed by atoms with Crippen molar-refractivity contribution in [1.29, 1.82) is 0 Å². The van der Waals surface area contributed by atoms with E-state index in [9.17, 15) is 4.39 Å². The van der Waals surface area contributed by atoms with Crippen molar-refractivity contribution in [3.05, 3.63) is 106 Å². The van der Waals surface area contributed by atoms with Gasteiger partial charge in [0.15, 0.2) is 0 Å². The summed E-state index contributed by atoms with van der Waals surface area (Å²) in [6.45, 7) is 15.3. The standard InChI is InChI=1S/C38H45FN6S/c1-8-27(18-28-12-15-40-16-13-28)19-30(9-2)25(3)10-11-35-26(4)37(45-44-35)36-23-34-33(14-17-41-38(34)43-36)31-20-29(21-32(39)22-31)24-42-46(5,6)7/h8-11,14,17,19-23,28,40,42,44H,1,4-6,12-13,15-16,18,24H2,2-3,7H3,(H,41,43)/b25-10+,27-19+,30-9+,35-11+. The molecule has 1 aliphatic heterocycles. The zero-order valence-electron chi connectivity index (χ0n) is 27.2. The average Bonchev–Trinajstić information content (AvgIpc) is 3.63. The molecule has 1 aromatic carbocycles. The zero-order chi connectivity index (χ0) is 32.8. The molecule has 5 rings (SSSR count). The van der Waals surface area contributed by atoms with Crippen LogP contribution in [0.4, 0.5) is 4.39 Å². The van der Waals surface area contributed by atoms with Crippen molar-refractivity contribution in [3.63, 3.8) is 0 Å². The van der Waals surface area contributed by atoms with Crippen molar-refractivity contribution < 1.29 is 4.39 Å². The molecule has 1 aliphatic rings. The summed E-state index contributed by atoms with van der Waals surface area (Å²) >= 11 is 0. The molecule has 240 valence electrons. The first-order chi connectivity index (χ1) is 22.0. The van der Waals surface area contributed by atoms with Gasteiger partial charge >= 0.3 is 0 Å². The molecule has 1 fully saturated rings. The lowest BCUT2D eigenvalue weighted by molar-refractivity contribution is 0.374. The summed E-state index contributed by atoms with van der Waals surface area (Å²) in [5, 5.41) is 13.7. The maximum Gasteiger partial charge on any atom is 0.138 e. The number of hydrogen-bond donors (Lipinski definition) is 4. The van der Waals surface area contributed by atoms with Crippen LogP contribution in [0.2, 0.25) is 0 Å². The number of fused-ring (bicyclic) bond motifs is 1. The predicted octanol–water partition coefficient (Wildman–Crippen LogP) is 6.65. The number of benzene rings is 1. The fourth-order valence-electron chi connectivity index (χ4n) is 5.86. The van der Waals surface area contributed by atoms with E-state index in [2.05, 4.69) is 87.2 Å². The lowest BCUT2D eigenvalue weighted by atomic mass is 9.89. The highest BCUT2D eigenvalue weighted by atomic mass is 32.2. The van der Waals surface area contributed by atoms with Gasteiger partial charge < -0.3 is 10.3 Å². The van der Waals surface area contributed by atoms with Crippen LogP contribution < -0.4 is 20.6 Å². The number of piperidine rings is 1. The van der Waals surface area contributed by atoms with E-state index in [1.165, 1.54) is 24.0 Å². The number of halogens is 1. The molecule has 4 heterocycles. The van der Waals surface area contributed by atoms with E-state index in [4.69, 9.17) is 0 Å². The SMILES string of the molecule is C=C\C(=C/C(=C\C)C(/C)=C/C=c1/[nH]nc(-c2cc3c(-c4cc(F)cc(CNS(=C)(=C)C)c4)ccnc3[nH]2)c1=C)CC1CCNCC1. The lowest BCUT2D eigenvalue weighted by Crippen LogP contribution is -2.27. The second kappa shape index (κ2) is 14.5. The number of nitrogens with one attached hydrogen (secondary N) is 4. The first-order valence-electron chi connectivity index (χ1n) is 15.6. The summed E-state index contributed by atoms with van der Waals surface area (Å²) in [7, 11) is -1.42. The molecule has 0 atom stereocenters. The molecular weight excluding hydrogens is 592 g/mol. The van der Waals surface area contributed by atoms with Crippen LogP contribution in [0.25, 0.3) is 46.2 Å². The van der Waals surface area contributed by atoms with Gasteiger partial charge in [-0.2, -0.15) is 14.5 Å². The highest BCUT2D eigenvalue weighted by molar-refractivity contribution is 8.25. The van der Waals surface area contributed by atoms with Crippen LogP contribution in [-0.2, 0) is 6.54 Å². The Morgan fingerprint density at radius 1 is 1.17 bits per heavy atom. The highest BCUT2D eigenvalue weighted by Gasteiger charge is 2.15. The second-order valence-corrected chi connectivity index (χ2v) is 15.1. The molecule has 6 nitrogen and oxygen atoms in total. The largest absolute Gasteiger partial charge is 0.338 e. The second-order valence-electron chi connectivity index (χ2n) is 12.3. The summed E-state index contributed by atoms with van der Waals surface area (Å²) in [5.74, 6) is 8.52. The Morgan fingerprint density at radius 3 is 2.67 bits per heavy atom. The molecule has 3 aromatic heterocycles. The molecule has 0 bridgehead atoms. The first kappa shape index (κ1) is 33.1. The molecule has 0 unspecified atom stereocenters. The zero-order valence-corrected chi connectivity index (χ0v) is 28.0. The van der Waals surface area contributed by atoms with E-state index < -0.39 is 9.39 Å². The van der Waals surface area contributed by atoms with E-state index in [1.54, 1.807) is 18.3 Å². The minimum atomic E-state index is -1.42. The Hall–Kier alpha value is -4.24. The van der Waals surface area contributed by atoms with Gasteiger partial charge in [0.05, 0.1) is 11.0 Å². The Bertz CT molecular complexity index is 2050. The number of aromatic nitrogens is 4. The molecular formula is C38H45FN6S. The Balaban J connectivity index is 1.42. The topological polar surface area (TPSA) is 81.4 Å². The molecule has 0 amide bonds. The fourth-order valence-corrected chi connectivity index (χ4v) is 6.38. The van der Waals surface area contributed by atoms with Gasteiger partial charge in [-0.05, 0) is 128 Å². The third-order valence-electron chi connectivity index (χ3n) is 8.43. The molecule has 0 aliphatic carbocycles. The quantitative estimate of drug-likeness (QED) is 0.110. The van der Waals surface area contributed by atoms with Gasteiger partial charge in [0.25, 0.3) is 0 Å². The number of nitrogens with zero attached hydrogens (tertiary/aromatic N) is 2. The molecule has 1 saturated heterocycles. The number of aromatic amines is 2. The molecule has 46 heavy (non-hydrogen) atoms. The van der Waals surface area contributed by atoms with E-state index in [0.29, 0.717) is 23.8 Å². The number of allylic oxidation sites excluding steroid dienone is 7. The van der Waals surface area contributed by atoms with Gasteiger partial charge in [-0.1, -0.05) is 49.2 Å². The number of hydrogen-bond acceptors (Lipinski definition) is 4. The summed E-state index contributed by atoms with van der Waals surface area (Å²) < 4.78 is 18.0. The van der Waals surface area contributed by atoms with Crippen LogP contribution in [-0.4, -0.2) is 51.3 Å². The van der Waals surface area contributed by atoms with Crippen LogP contribution in [0.3, 0.4) is 0 Å². The van der Waals surface area contributed by atoms with Gasteiger partial charge in [0, 0.05) is 23.3 Å². The molecule has 8 heteroatoms. The smallest absolute Gasteiger partial charge is 0.138 e. The number of rotatable bonds is 11. The Morgan fingerprint density at radius 2 is 1.96 bits per heavy atom. The van der Waals surface area contributed by atoms with E-state index >= 15 is 0 Å². The van der Waals surface area contributed by atoms with E-state index in [-0.39, 0.29) is 5.82 Å². The average molecular weight is 637 g/mol. The summed E-state index contributed by atoms with van der Waals surface area (Å²) in [6.07, 6.45) is 17.7. The van der Waals surface area contributed by atoms with E-state index in [1.807, 2.05) is 36.6 Å². The van der Waals surface area contributed by atoms with Crippen molar-refractivity contribution in [2.45, 2.75) is 39.7 Å². The van der Waals surface area contributed by atoms with Crippen molar-refractivity contribution in [2.24, 2.45) is 5.92 Å². The first-order valence-corrected chi connectivity index (χ1v) is 18.0. The van der Waals surface area contributed by atoms with Crippen LogP contribution in [0.5, 0.6) is 0 Å². The third-order valence-corrected chi connectivity index (χ3v) is 9.27. The summed E-state index contributed by atoms with van der Waals surface area (Å²) in [4.78, 5) is 7.94. The van der Waals surface area contributed by atoms with Crippen molar-refractivity contribution in [1.82, 2.24) is 30.2 Å². The van der Waals surface area contributed by atoms with Crippen LogP contribution in [0.15, 0.2) is 84.1 Å². The maximum atomic E-state index is 14.7.